The molecule has 0 aliphatic carbocycles. The maximum atomic E-state index is 4.25. The Hall–Kier alpha value is -0.700. The molecular formula is C11H16N2S. The van der Waals surface area contributed by atoms with Crippen molar-refractivity contribution in [3.63, 3.8) is 0 Å². The van der Waals surface area contributed by atoms with Crippen molar-refractivity contribution in [2.75, 3.05) is 23.4 Å². The van der Waals surface area contributed by atoms with E-state index in [4.69, 9.17) is 0 Å². The van der Waals surface area contributed by atoms with Gasteiger partial charge in [-0.2, -0.15) is 11.8 Å². The van der Waals surface area contributed by atoms with Crippen molar-refractivity contribution in [2.24, 2.45) is 5.92 Å². The molecule has 0 bridgehead atoms. The highest BCUT2D eigenvalue weighted by atomic mass is 32.2. The van der Waals surface area contributed by atoms with Gasteiger partial charge in [-0.3, -0.25) is 0 Å². The number of hydrogen-bond acceptors (Lipinski definition) is 3. The van der Waals surface area contributed by atoms with Gasteiger partial charge in [-0.25, -0.2) is 4.98 Å². The van der Waals surface area contributed by atoms with Crippen LogP contribution in [0.25, 0.3) is 0 Å². The normalized spacial score (nSPS) is 18.0. The van der Waals surface area contributed by atoms with E-state index in [1.54, 1.807) is 0 Å². The molecular weight excluding hydrogens is 192 g/mol. The lowest BCUT2D eigenvalue weighted by Crippen LogP contribution is -2.19. The van der Waals surface area contributed by atoms with Crippen LogP contribution in [0.15, 0.2) is 24.4 Å². The average molecular weight is 208 g/mol. The summed E-state index contributed by atoms with van der Waals surface area (Å²) in [6.07, 6.45) is 4.54. The van der Waals surface area contributed by atoms with Gasteiger partial charge in [0.25, 0.3) is 0 Å². The molecule has 1 aromatic rings. The molecule has 1 N–H and O–H groups in total. The summed E-state index contributed by atoms with van der Waals surface area (Å²) in [4.78, 5) is 4.25. The van der Waals surface area contributed by atoms with Gasteiger partial charge >= 0.3 is 0 Å². The molecule has 0 aromatic carbocycles. The fourth-order valence-electron chi connectivity index (χ4n) is 1.67. The maximum Gasteiger partial charge on any atom is 0.125 e. The van der Waals surface area contributed by atoms with Gasteiger partial charge in [0.15, 0.2) is 0 Å². The van der Waals surface area contributed by atoms with Gasteiger partial charge in [-0.1, -0.05) is 6.07 Å². The molecule has 1 aromatic heterocycles. The number of rotatable bonds is 3. The lowest BCUT2D eigenvalue weighted by atomic mass is 10.0. The van der Waals surface area contributed by atoms with Gasteiger partial charge in [0, 0.05) is 12.7 Å². The van der Waals surface area contributed by atoms with Gasteiger partial charge in [0.05, 0.1) is 0 Å². The van der Waals surface area contributed by atoms with E-state index in [0.29, 0.717) is 0 Å². The topological polar surface area (TPSA) is 24.9 Å². The van der Waals surface area contributed by atoms with Crippen molar-refractivity contribution in [3.8, 4) is 0 Å². The number of hydrogen-bond donors (Lipinski definition) is 1. The Balaban J connectivity index is 1.76. The molecule has 0 radical (unpaired) electrons. The lowest BCUT2D eigenvalue weighted by Gasteiger charge is -2.21. The molecule has 3 heteroatoms. The van der Waals surface area contributed by atoms with Crippen molar-refractivity contribution in [3.05, 3.63) is 24.4 Å². The number of anilines is 1. The van der Waals surface area contributed by atoms with Crippen LogP contribution in [0.2, 0.25) is 0 Å². The quantitative estimate of drug-likeness (QED) is 0.826. The fourth-order valence-corrected chi connectivity index (χ4v) is 2.87. The zero-order valence-corrected chi connectivity index (χ0v) is 9.09. The molecule has 1 aliphatic rings. The van der Waals surface area contributed by atoms with Gasteiger partial charge in [-0.05, 0) is 42.4 Å². The predicted molar refractivity (Wildman–Crippen MR) is 62.8 cm³/mol. The monoisotopic (exact) mass is 208 g/mol. The first-order valence-corrected chi connectivity index (χ1v) is 6.33. The minimum Gasteiger partial charge on any atom is -0.370 e. The third kappa shape index (κ3) is 2.91. The van der Waals surface area contributed by atoms with Gasteiger partial charge < -0.3 is 5.32 Å². The van der Waals surface area contributed by atoms with E-state index < -0.39 is 0 Å². The lowest BCUT2D eigenvalue weighted by molar-refractivity contribution is 0.515. The summed E-state index contributed by atoms with van der Waals surface area (Å²) < 4.78 is 0. The molecule has 2 rings (SSSR count). The number of aromatic nitrogens is 1. The molecule has 1 saturated heterocycles. The molecule has 0 spiro atoms. The van der Waals surface area contributed by atoms with Crippen molar-refractivity contribution in [1.82, 2.24) is 4.98 Å². The van der Waals surface area contributed by atoms with Crippen molar-refractivity contribution in [1.29, 1.82) is 0 Å². The molecule has 1 aliphatic heterocycles. The summed E-state index contributed by atoms with van der Waals surface area (Å²) in [5.74, 6) is 4.51. The number of thioether (sulfide) groups is 1. The minimum absolute atomic E-state index is 0.846. The summed E-state index contributed by atoms with van der Waals surface area (Å²) >= 11 is 2.08. The van der Waals surface area contributed by atoms with E-state index in [2.05, 4.69) is 22.1 Å². The Morgan fingerprint density at radius 2 is 2.21 bits per heavy atom. The van der Waals surface area contributed by atoms with E-state index >= 15 is 0 Å². The zero-order chi connectivity index (χ0) is 9.64. The van der Waals surface area contributed by atoms with E-state index in [1.807, 2.05) is 24.4 Å². The number of pyridine rings is 1. The predicted octanol–water partition coefficient (Wildman–Crippen LogP) is 2.64. The van der Waals surface area contributed by atoms with Crippen LogP contribution in [0, 0.1) is 5.92 Å². The van der Waals surface area contributed by atoms with Crippen LogP contribution in [0.4, 0.5) is 5.82 Å². The highest BCUT2D eigenvalue weighted by Crippen LogP contribution is 2.22. The van der Waals surface area contributed by atoms with Crippen LogP contribution in [0.1, 0.15) is 12.8 Å². The first-order chi connectivity index (χ1) is 6.95. The van der Waals surface area contributed by atoms with E-state index in [0.717, 1.165) is 18.3 Å². The molecule has 0 atom stereocenters. The number of nitrogens with one attached hydrogen (secondary N) is 1. The van der Waals surface area contributed by atoms with Crippen molar-refractivity contribution < 1.29 is 0 Å². The Morgan fingerprint density at radius 1 is 1.36 bits per heavy atom. The number of nitrogens with zero attached hydrogens (tertiary/aromatic N) is 1. The van der Waals surface area contributed by atoms with E-state index in [9.17, 15) is 0 Å². The van der Waals surface area contributed by atoms with Crippen LogP contribution in [0.3, 0.4) is 0 Å². The summed E-state index contributed by atoms with van der Waals surface area (Å²) in [5.41, 5.74) is 0. The largest absolute Gasteiger partial charge is 0.370 e. The summed E-state index contributed by atoms with van der Waals surface area (Å²) in [7, 11) is 0. The van der Waals surface area contributed by atoms with Crippen LogP contribution in [-0.4, -0.2) is 23.0 Å². The SMILES string of the molecule is c1ccc(NCC2CCSCC2)nc1. The Morgan fingerprint density at radius 3 is 2.93 bits per heavy atom. The molecule has 76 valence electrons. The first-order valence-electron chi connectivity index (χ1n) is 5.18. The smallest absolute Gasteiger partial charge is 0.125 e. The Bertz CT molecular complexity index is 257. The molecule has 2 nitrogen and oxygen atoms in total. The summed E-state index contributed by atoms with van der Waals surface area (Å²) in [5, 5.41) is 3.39. The second-order valence-corrected chi connectivity index (χ2v) is 4.88. The summed E-state index contributed by atoms with van der Waals surface area (Å²) in [6, 6.07) is 5.99. The third-order valence-electron chi connectivity index (χ3n) is 2.58. The minimum atomic E-state index is 0.846. The highest BCUT2D eigenvalue weighted by Gasteiger charge is 2.12. The zero-order valence-electron chi connectivity index (χ0n) is 8.28. The second kappa shape index (κ2) is 5.25. The molecule has 1 fully saturated rings. The Labute approximate surface area is 89.5 Å². The standard InChI is InChI=1S/C11H16N2S/c1-2-6-12-11(3-1)13-9-10-4-7-14-8-5-10/h1-3,6,10H,4-5,7-9H2,(H,12,13). The van der Waals surface area contributed by atoms with E-state index in [-0.39, 0.29) is 0 Å². The molecule has 0 unspecified atom stereocenters. The average Bonchev–Trinajstić information content (AvgIpc) is 2.29. The van der Waals surface area contributed by atoms with Crippen molar-refractivity contribution in [2.45, 2.75) is 12.8 Å². The summed E-state index contributed by atoms with van der Waals surface area (Å²) in [6.45, 7) is 1.08. The van der Waals surface area contributed by atoms with E-state index in [1.165, 1.54) is 24.3 Å². The van der Waals surface area contributed by atoms with Crippen molar-refractivity contribution >= 4 is 17.6 Å². The maximum absolute atomic E-state index is 4.25. The first kappa shape index (κ1) is 9.84. The fraction of sp³-hybridized carbons (Fsp3) is 0.545. The molecule has 2 heterocycles. The molecule has 0 amide bonds. The van der Waals surface area contributed by atoms with Gasteiger partial charge in [-0.15, -0.1) is 0 Å². The molecule has 0 saturated carbocycles. The third-order valence-corrected chi connectivity index (χ3v) is 3.63. The van der Waals surface area contributed by atoms with Crippen LogP contribution >= 0.6 is 11.8 Å². The van der Waals surface area contributed by atoms with Gasteiger partial charge in [0.2, 0.25) is 0 Å². The Kier molecular flexibility index (Phi) is 3.69. The van der Waals surface area contributed by atoms with Crippen LogP contribution < -0.4 is 5.32 Å². The van der Waals surface area contributed by atoms with Crippen LogP contribution in [-0.2, 0) is 0 Å². The highest BCUT2D eigenvalue weighted by molar-refractivity contribution is 7.99. The van der Waals surface area contributed by atoms with Gasteiger partial charge in [0.1, 0.15) is 5.82 Å². The van der Waals surface area contributed by atoms with Crippen LogP contribution in [0.5, 0.6) is 0 Å². The molecule has 14 heavy (non-hydrogen) atoms. The second-order valence-electron chi connectivity index (χ2n) is 3.65.